The Morgan fingerprint density at radius 2 is 2.08 bits per heavy atom. The number of hydrogen-bond donors (Lipinski definition) is 3. The first kappa shape index (κ1) is 12.4. The SMILES string of the molecule is CC[SH](S)NC(OC)C(F)(F)F. The van der Waals surface area contributed by atoms with Gasteiger partial charge in [-0.25, -0.2) is 4.72 Å². The summed E-state index contributed by atoms with van der Waals surface area (Å²) in [6.45, 7) is 1.76. The van der Waals surface area contributed by atoms with Gasteiger partial charge in [0.15, 0.2) is 0 Å². The fourth-order valence-corrected chi connectivity index (χ4v) is 1.51. The Morgan fingerprint density at radius 3 is 2.33 bits per heavy atom. The number of alkyl halides is 3. The van der Waals surface area contributed by atoms with Crippen molar-refractivity contribution < 1.29 is 17.9 Å². The molecule has 0 aliphatic carbocycles. The summed E-state index contributed by atoms with van der Waals surface area (Å²) in [5.74, 6) is 0.564. The van der Waals surface area contributed by atoms with Crippen molar-refractivity contribution in [1.29, 1.82) is 0 Å². The maximum Gasteiger partial charge on any atom is 0.428 e. The van der Waals surface area contributed by atoms with Crippen LogP contribution in [0.4, 0.5) is 13.2 Å². The van der Waals surface area contributed by atoms with E-state index >= 15 is 0 Å². The van der Waals surface area contributed by atoms with E-state index in [2.05, 4.69) is 21.1 Å². The third-order valence-electron chi connectivity index (χ3n) is 1.10. The maximum absolute atomic E-state index is 12.0. The average molecular weight is 223 g/mol. The second-order valence-corrected chi connectivity index (χ2v) is 5.14. The van der Waals surface area contributed by atoms with Gasteiger partial charge in [-0.05, 0) is 5.75 Å². The Kier molecular flexibility index (Phi) is 5.38. The Labute approximate surface area is 77.1 Å². The lowest BCUT2D eigenvalue weighted by atomic mass is 10.6. The fraction of sp³-hybridized carbons (Fsp3) is 1.00. The fourth-order valence-electron chi connectivity index (χ4n) is 0.486. The van der Waals surface area contributed by atoms with Gasteiger partial charge in [0, 0.05) is 7.11 Å². The number of thiol groups is 2. The van der Waals surface area contributed by atoms with Gasteiger partial charge in [0.05, 0.1) is 0 Å². The number of hydrogen-bond acceptors (Lipinski definition) is 3. The Hall–Kier alpha value is 0.410. The van der Waals surface area contributed by atoms with E-state index in [1.165, 1.54) is 0 Å². The molecule has 0 aliphatic rings. The lowest BCUT2D eigenvalue weighted by molar-refractivity contribution is -0.215. The molecule has 7 heteroatoms. The lowest BCUT2D eigenvalue weighted by Crippen LogP contribution is -2.41. The van der Waals surface area contributed by atoms with Crippen LogP contribution in [0.25, 0.3) is 0 Å². The van der Waals surface area contributed by atoms with Crippen molar-refractivity contribution in [2.45, 2.75) is 19.3 Å². The van der Waals surface area contributed by atoms with Gasteiger partial charge in [-0.3, -0.25) is 0 Å². The predicted octanol–water partition coefficient (Wildman–Crippen LogP) is 1.89. The normalized spacial score (nSPS) is 19.0. The van der Waals surface area contributed by atoms with Crippen molar-refractivity contribution in [2.75, 3.05) is 12.9 Å². The van der Waals surface area contributed by atoms with Crippen LogP contribution in [0.2, 0.25) is 0 Å². The highest BCUT2D eigenvalue weighted by atomic mass is 33.1. The van der Waals surface area contributed by atoms with Gasteiger partial charge in [-0.15, -0.1) is 11.7 Å². The summed E-state index contributed by atoms with van der Waals surface area (Å²) in [4.78, 5) is 0. The van der Waals surface area contributed by atoms with Gasteiger partial charge in [-0.2, -0.15) is 23.3 Å². The van der Waals surface area contributed by atoms with Crippen LogP contribution in [-0.2, 0) is 4.74 Å². The summed E-state index contributed by atoms with van der Waals surface area (Å²) < 4.78 is 42.5. The summed E-state index contributed by atoms with van der Waals surface area (Å²) >= 11 is 3.93. The monoisotopic (exact) mass is 223 g/mol. The van der Waals surface area contributed by atoms with E-state index in [-0.39, 0.29) is 0 Å². The molecule has 0 radical (unpaired) electrons. The maximum atomic E-state index is 12.0. The number of rotatable bonds is 4. The first-order chi connectivity index (χ1) is 5.41. The van der Waals surface area contributed by atoms with Gasteiger partial charge in [-0.1, -0.05) is 6.92 Å². The minimum absolute atomic E-state index is 0.564. The zero-order chi connectivity index (χ0) is 9.78. The summed E-state index contributed by atoms with van der Waals surface area (Å²) in [6.07, 6.45) is -6.27. The van der Waals surface area contributed by atoms with E-state index in [4.69, 9.17) is 0 Å². The van der Waals surface area contributed by atoms with E-state index in [9.17, 15) is 13.2 Å². The number of methoxy groups -OCH3 is 1. The van der Waals surface area contributed by atoms with Gasteiger partial charge in [0.2, 0.25) is 6.23 Å². The molecular formula is C5H12F3NOS2. The highest BCUT2D eigenvalue weighted by Gasteiger charge is 2.40. The summed E-state index contributed by atoms with van der Waals surface area (Å²) in [5, 5.41) is 0. The molecule has 0 spiro atoms. The zero-order valence-electron chi connectivity index (χ0n) is 6.72. The molecule has 0 fully saturated rings. The van der Waals surface area contributed by atoms with E-state index in [0.29, 0.717) is 5.75 Å². The topological polar surface area (TPSA) is 21.3 Å². The molecule has 0 aromatic carbocycles. The van der Waals surface area contributed by atoms with E-state index < -0.39 is 22.5 Å². The molecule has 0 aromatic rings. The van der Waals surface area contributed by atoms with Crippen molar-refractivity contribution in [3.05, 3.63) is 0 Å². The van der Waals surface area contributed by atoms with Crippen molar-refractivity contribution in [3.8, 4) is 0 Å². The quantitative estimate of drug-likeness (QED) is 0.384. The van der Waals surface area contributed by atoms with E-state index in [0.717, 1.165) is 7.11 Å². The van der Waals surface area contributed by atoms with Crippen LogP contribution in [0.1, 0.15) is 6.92 Å². The zero-order valence-corrected chi connectivity index (χ0v) is 8.51. The van der Waals surface area contributed by atoms with Gasteiger partial charge < -0.3 is 4.74 Å². The van der Waals surface area contributed by atoms with Crippen LogP contribution in [-0.4, -0.2) is 25.3 Å². The van der Waals surface area contributed by atoms with Crippen LogP contribution in [0.3, 0.4) is 0 Å². The Morgan fingerprint density at radius 1 is 1.58 bits per heavy atom. The van der Waals surface area contributed by atoms with Crippen LogP contribution in [0.5, 0.6) is 0 Å². The highest BCUT2D eigenvalue weighted by molar-refractivity contribution is 8.77. The molecule has 2 unspecified atom stereocenters. The second-order valence-electron chi connectivity index (χ2n) is 2.00. The smallest absolute Gasteiger partial charge is 0.357 e. The predicted molar refractivity (Wildman–Crippen MR) is 48.5 cm³/mol. The van der Waals surface area contributed by atoms with E-state index in [1.54, 1.807) is 6.92 Å². The minimum Gasteiger partial charge on any atom is -0.357 e. The minimum atomic E-state index is -4.37. The second kappa shape index (κ2) is 5.21. The molecule has 0 amide bonds. The van der Waals surface area contributed by atoms with Gasteiger partial charge in [0.1, 0.15) is 0 Å². The molecule has 0 saturated carbocycles. The molecule has 0 bridgehead atoms. The van der Waals surface area contributed by atoms with Crippen molar-refractivity contribution >= 4 is 21.8 Å². The van der Waals surface area contributed by atoms with Crippen LogP contribution in [0.15, 0.2) is 0 Å². The molecule has 2 nitrogen and oxygen atoms in total. The number of nitrogens with one attached hydrogen (secondary N) is 1. The largest absolute Gasteiger partial charge is 0.428 e. The summed E-state index contributed by atoms with van der Waals surface area (Å²) in [5.41, 5.74) is 0. The molecule has 76 valence electrons. The molecule has 0 rings (SSSR count). The standard InChI is InChI=1S/C5H12F3NOS2/c1-3-12(11)9-4(10-2)5(6,7)8/h4,9,11-12H,3H2,1-2H3. The van der Waals surface area contributed by atoms with Crippen molar-refractivity contribution in [3.63, 3.8) is 0 Å². The van der Waals surface area contributed by atoms with Crippen molar-refractivity contribution in [2.24, 2.45) is 0 Å². The Balaban J connectivity index is 4.00. The highest BCUT2D eigenvalue weighted by Crippen LogP contribution is 2.30. The molecule has 0 heterocycles. The molecule has 0 aliphatic heterocycles. The van der Waals surface area contributed by atoms with Crippen molar-refractivity contribution in [1.82, 2.24) is 4.72 Å². The number of ether oxygens (including phenoxy) is 1. The van der Waals surface area contributed by atoms with Gasteiger partial charge in [0.25, 0.3) is 0 Å². The van der Waals surface area contributed by atoms with Crippen LogP contribution < -0.4 is 4.72 Å². The molecule has 0 aromatic heterocycles. The first-order valence-electron chi connectivity index (χ1n) is 3.24. The molecular weight excluding hydrogens is 211 g/mol. The van der Waals surface area contributed by atoms with Crippen LogP contribution in [0, 0.1) is 0 Å². The summed E-state index contributed by atoms with van der Waals surface area (Å²) in [7, 11) is -0.0767. The Bertz CT molecular complexity index is 132. The third-order valence-corrected chi connectivity index (χ3v) is 3.43. The molecule has 1 N–H and O–H groups in total. The first-order valence-corrected chi connectivity index (χ1v) is 5.91. The average Bonchev–Trinajstić information content (AvgIpc) is 1.97. The van der Waals surface area contributed by atoms with E-state index in [1.807, 2.05) is 0 Å². The number of halogens is 3. The molecule has 0 saturated heterocycles. The van der Waals surface area contributed by atoms with Crippen LogP contribution >= 0.6 is 21.8 Å². The summed E-state index contributed by atoms with van der Waals surface area (Å²) in [6, 6.07) is 0. The third kappa shape index (κ3) is 4.44. The molecule has 2 atom stereocenters. The molecule has 12 heavy (non-hydrogen) atoms. The van der Waals surface area contributed by atoms with Gasteiger partial charge >= 0.3 is 6.18 Å². The lowest BCUT2D eigenvalue weighted by Gasteiger charge is -2.24.